The minimum atomic E-state index is -0.132. The molecule has 90 valence electrons. The fraction of sp³-hybridized carbons (Fsp3) is 0.100. The molecule has 0 bridgehead atoms. The number of aldehydes is 1. The molecule has 3 aromatic heterocycles. The van der Waals surface area contributed by atoms with Crippen LogP contribution < -0.4 is 5.56 Å². The summed E-state index contributed by atoms with van der Waals surface area (Å²) in [7, 11) is 0. The lowest BCUT2D eigenvalue weighted by molar-refractivity contribution is 0.111. The predicted octanol–water partition coefficient (Wildman–Crippen LogP) is 0.208. The van der Waals surface area contributed by atoms with Gasteiger partial charge in [0.2, 0.25) is 0 Å². The first-order valence-corrected chi connectivity index (χ1v) is 5.95. The minimum Gasteiger partial charge on any atom is -0.296 e. The number of nitrogens with zero attached hydrogens (tertiary/aromatic N) is 5. The van der Waals surface area contributed by atoms with Crippen LogP contribution in [0.3, 0.4) is 0 Å². The van der Waals surface area contributed by atoms with Crippen LogP contribution >= 0.6 is 11.3 Å². The van der Waals surface area contributed by atoms with Gasteiger partial charge in [0.15, 0.2) is 11.2 Å². The highest BCUT2D eigenvalue weighted by atomic mass is 32.1. The van der Waals surface area contributed by atoms with Crippen molar-refractivity contribution in [3.05, 3.63) is 45.6 Å². The summed E-state index contributed by atoms with van der Waals surface area (Å²) in [4.78, 5) is 27.2. The van der Waals surface area contributed by atoms with E-state index in [1.54, 1.807) is 11.6 Å². The van der Waals surface area contributed by atoms with Gasteiger partial charge in [-0.1, -0.05) is 5.21 Å². The van der Waals surface area contributed by atoms with E-state index in [1.807, 2.05) is 0 Å². The number of thiazole rings is 1. The van der Waals surface area contributed by atoms with Crippen molar-refractivity contribution in [3.63, 3.8) is 0 Å². The molecule has 0 N–H and O–H groups in total. The number of fused-ring (bicyclic) bond motifs is 1. The SMILES string of the molecule is O=Cc1cn(Cc2cc(=O)n3ccsc3n2)nn1. The summed E-state index contributed by atoms with van der Waals surface area (Å²) in [6.07, 6.45) is 3.80. The molecule has 0 spiro atoms. The second-order valence-corrected chi connectivity index (χ2v) is 4.47. The van der Waals surface area contributed by atoms with Crippen molar-refractivity contribution in [1.29, 1.82) is 0 Å². The van der Waals surface area contributed by atoms with E-state index in [2.05, 4.69) is 15.3 Å². The van der Waals surface area contributed by atoms with Gasteiger partial charge in [0, 0.05) is 17.6 Å². The number of carbonyl (C=O) groups excluding carboxylic acids is 1. The summed E-state index contributed by atoms with van der Waals surface area (Å²) in [6.45, 7) is 0.310. The number of hydrogen-bond donors (Lipinski definition) is 0. The minimum absolute atomic E-state index is 0.132. The maximum atomic E-state index is 11.7. The first kappa shape index (κ1) is 10.8. The Balaban J connectivity index is 1.99. The average molecular weight is 261 g/mol. The van der Waals surface area contributed by atoms with Crippen LogP contribution in [0.2, 0.25) is 0 Å². The molecular weight excluding hydrogens is 254 g/mol. The van der Waals surface area contributed by atoms with Crippen LogP contribution in [0.1, 0.15) is 16.2 Å². The Labute approximate surface area is 104 Å². The lowest BCUT2D eigenvalue weighted by atomic mass is 10.4. The van der Waals surface area contributed by atoms with E-state index in [0.717, 1.165) is 0 Å². The zero-order valence-electron chi connectivity index (χ0n) is 9.05. The van der Waals surface area contributed by atoms with Crippen LogP contribution in [0.15, 0.2) is 28.6 Å². The molecule has 0 aliphatic carbocycles. The topological polar surface area (TPSA) is 82.2 Å². The van der Waals surface area contributed by atoms with Crippen LogP contribution in [-0.2, 0) is 6.54 Å². The molecule has 3 aromatic rings. The molecule has 0 amide bonds. The van der Waals surface area contributed by atoms with E-state index >= 15 is 0 Å². The maximum Gasteiger partial charge on any atom is 0.258 e. The molecule has 0 aliphatic rings. The van der Waals surface area contributed by atoms with Gasteiger partial charge in [-0.05, 0) is 0 Å². The van der Waals surface area contributed by atoms with Crippen LogP contribution in [0.5, 0.6) is 0 Å². The van der Waals surface area contributed by atoms with E-state index in [1.165, 1.54) is 32.7 Å². The average Bonchev–Trinajstić information content (AvgIpc) is 2.97. The summed E-state index contributed by atoms with van der Waals surface area (Å²) in [5, 5.41) is 9.21. The normalized spacial score (nSPS) is 10.9. The summed E-state index contributed by atoms with van der Waals surface area (Å²) >= 11 is 1.39. The van der Waals surface area contributed by atoms with Gasteiger partial charge < -0.3 is 0 Å². The van der Waals surface area contributed by atoms with Gasteiger partial charge in [-0.3, -0.25) is 14.0 Å². The first-order chi connectivity index (χ1) is 8.76. The molecule has 0 aliphatic heterocycles. The molecule has 0 saturated heterocycles. The molecule has 18 heavy (non-hydrogen) atoms. The molecule has 3 heterocycles. The van der Waals surface area contributed by atoms with Gasteiger partial charge in [-0.25, -0.2) is 9.67 Å². The van der Waals surface area contributed by atoms with Gasteiger partial charge in [0.1, 0.15) is 5.69 Å². The molecule has 0 radical (unpaired) electrons. The second kappa shape index (κ2) is 4.15. The van der Waals surface area contributed by atoms with Crippen molar-refractivity contribution in [3.8, 4) is 0 Å². The Hall–Kier alpha value is -2.35. The van der Waals surface area contributed by atoms with E-state index in [4.69, 9.17) is 0 Å². The van der Waals surface area contributed by atoms with Crippen molar-refractivity contribution in [2.75, 3.05) is 0 Å². The number of aromatic nitrogens is 5. The fourth-order valence-corrected chi connectivity index (χ4v) is 2.32. The van der Waals surface area contributed by atoms with Crippen molar-refractivity contribution >= 4 is 22.6 Å². The Kier molecular flexibility index (Phi) is 2.49. The standard InChI is InChI=1S/C10H7N5O2S/c16-6-8-5-14(13-12-8)4-7-3-9(17)15-1-2-18-10(15)11-7/h1-3,5-6H,4H2. The Morgan fingerprint density at radius 1 is 1.44 bits per heavy atom. The quantitative estimate of drug-likeness (QED) is 0.629. The highest BCUT2D eigenvalue weighted by molar-refractivity contribution is 7.15. The molecule has 0 unspecified atom stereocenters. The Morgan fingerprint density at radius 2 is 2.33 bits per heavy atom. The zero-order chi connectivity index (χ0) is 12.5. The lowest BCUT2D eigenvalue weighted by Gasteiger charge is -2.00. The van der Waals surface area contributed by atoms with Crippen molar-refractivity contribution in [1.82, 2.24) is 24.4 Å². The van der Waals surface area contributed by atoms with Crippen molar-refractivity contribution < 1.29 is 4.79 Å². The van der Waals surface area contributed by atoms with Crippen LogP contribution in [-0.4, -0.2) is 30.7 Å². The highest BCUT2D eigenvalue weighted by Crippen LogP contribution is 2.07. The monoisotopic (exact) mass is 261 g/mol. The van der Waals surface area contributed by atoms with Gasteiger partial charge in [-0.15, -0.1) is 16.4 Å². The third-order valence-corrected chi connectivity index (χ3v) is 3.11. The zero-order valence-corrected chi connectivity index (χ0v) is 9.87. The number of carbonyl (C=O) groups is 1. The van der Waals surface area contributed by atoms with Crippen LogP contribution in [0, 0.1) is 0 Å². The molecular formula is C10H7N5O2S. The summed E-state index contributed by atoms with van der Waals surface area (Å²) in [5.74, 6) is 0. The molecule has 0 fully saturated rings. The van der Waals surface area contributed by atoms with E-state index in [9.17, 15) is 9.59 Å². The van der Waals surface area contributed by atoms with Gasteiger partial charge in [0.25, 0.3) is 5.56 Å². The fourth-order valence-electron chi connectivity index (χ4n) is 1.58. The van der Waals surface area contributed by atoms with Gasteiger partial charge in [0.05, 0.1) is 18.4 Å². The lowest BCUT2D eigenvalue weighted by Crippen LogP contribution is -2.14. The largest absolute Gasteiger partial charge is 0.296 e. The van der Waals surface area contributed by atoms with Gasteiger partial charge in [-0.2, -0.15) is 0 Å². The second-order valence-electron chi connectivity index (χ2n) is 3.60. The van der Waals surface area contributed by atoms with Crippen molar-refractivity contribution in [2.24, 2.45) is 0 Å². The van der Waals surface area contributed by atoms with E-state index < -0.39 is 0 Å². The summed E-state index contributed by atoms with van der Waals surface area (Å²) in [5.41, 5.74) is 0.709. The molecule has 0 atom stereocenters. The Bertz CT molecular complexity index is 772. The molecule has 0 saturated carbocycles. The maximum absolute atomic E-state index is 11.7. The summed E-state index contributed by atoms with van der Waals surface area (Å²) < 4.78 is 2.95. The third-order valence-electron chi connectivity index (χ3n) is 2.36. The van der Waals surface area contributed by atoms with Gasteiger partial charge >= 0.3 is 0 Å². The number of hydrogen-bond acceptors (Lipinski definition) is 6. The molecule has 7 nitrogen and oxygen atoms in total. The third kappa shape index (κ3) is 1.82. The number of rotatable bonds is 3. The smallest absolute Gasteiger partial charge is 0.258 e. The highest BCUT2D eigenvalue weighted by Gasteiger charge is 2.05. The molecule has 8 heteroatoms. The molecule has 0 aromatic carbocycles. The first-order valence-electron chi connectivity index (χ1n) is 5.07. The van der Waals surface area contributed by atoms with Crippen LogP contribution in [0.25, 0.3) is 4.96 Å². The van der Waals surface area contributed by atoms with Crippen LogP contribution in [0.4, 0.5) is 0 Å². The summed E-state index contributed by atoms with van der Waals surface area (Å²) in [6, 6.07) is 1.45. The van der Waals surface area contributed by atoms with Crippen molar-refractivity contribution in [2.45, 2.75) is 6.54 Å². The molecule has 3 rings (SSSR count). The predicted molar refractivity (Wildman–Crippen MR) is 63.9 cm³/mol. The van der Waals surface area contributed by atoms with E-state index in [-0.39, 0.29) is 11.3 Å². The Morgan fingerprint density at radius 3 is 3.11 bits per heavy atom. The van der Waals surface area contributed by atoms with E-state index in [0.29, 0.717) is 23.5 Å².